The van der Waals surface area contributed by atoms with Gasteiger partial charge in [-0.05, 0) is 41.6 Å². The predicted octanol–water partition coefficient (Wildman–Crippen LogP) is 3.48. The Morgan fingerprint density at radius 3 is 2.50 bits per heavy atom. The average molecular weight is 338 g/mol. The van der Waals surface area contributed by atoms with Crippen LogP contribution in [0, 0.1) is 0 Å². The van der Waals surface area contributed by atoms with E-state index in [0.29, 0.717) is 6.42 Å². The van der Waals surface area contributed by atoms with Crippen molar-refractivity contribution in [2.45, 2.75) is 11.6 Å². The first kappa shape index (κ1) is 16.3. The molecule has 0 aliphatic heterocycles. The van der Waals surface area contributed by atoms with Crippen LogP contribution in [0.15, 0.2) is 64.9 Å². The van der Waals surface area contributed by atoms with Crippen molar-refractivity contribution < 1.29 is 4.74 Å². The summed E-state index contributed by atoms with van der Waals surface area (Å²) in [6.45, 7) is 0. The fourth-order valence-electron chi connectivity index (χ4n) is 2.24. The van der Waals surface area contributed by atoms with Gasteiger partial charge in [0.2, 0.25) is 5.16 Å². The first-order chi connectivity index (χ1) is 11.8. The monoisotopic (exact) mass is 338 g/mol. The molecule has 0 bridgehead atoms. The van der Waals surface area contributed by atoms with Crippen LogP contribution in [0.3, 0.4) is 0 Å². The Balaban J connectivity index is 1.85. The van der Waals surface area contributed by atoms with Gasteiger partial charge in [0.15, 0.2) is 5.82 Å². The maximum absolute atomic E-state index is 5.17. The summed E-state index contributed by atoms with van der Waals surface area (Å²) in [4.78, 5) is 0. The lowest BCUT2D eigenvalue weighted by molar-refractivity contribution is 0.415. The number of rotatable bonds is 6. The topological polar surface area (TPSA) is 52.3 Å². The van der Waals surface area contributed by atoms with Crippen molar-refractivity contribution >= 4 is 18.0 Å². The first-order valence-electron chi connectivity index (χ1n) is 7.51. The third-order valence-corrected chi connectivity index (χ3v) is 4.12. The van der Waals surface area contributed by atoms with Crippen LogP contribution in [0.2, 0.25) is 0 Å². The van der Waals surface area contributed by atoms with Crippen LogP contribution in [-0.4, -0.2) is 34.5 Å². The average Bonchev–Trinajstić information content (AvgIpc) is 3.03. The van der Waals surface area contributed by atoms with Gasteiger partial charge in [-0.2, -0.15) is 9.78 Å². The minimum absolute atomic E-state index is 0.689. The number of ether oxygens (including phenoxy) is 1. The van der Waals surface area contributed by atoms with Crippen LogP contribution in [-0.2, 0) is 6.42 Å². The van der Waals surface area contributed by atoms with Crippen molar-refractivity contribution in [2.24, 2.45) is 5.10 Å². The molecule has 1 heterocycles. The molecular formula is C18H18N4OS. The molecule has 0 unspecified atom stereocenters. The third-order valence-electron chi connectivity index (χ3n) is 3.50. The van der Waals surface area contributed by atoms with Crippen LogP contribution in [0.4, 0.5) is 0 Å². The second-order valence-electron chi connectivity index (χ2n) is 5.09. The molecule has 6 heteroatoms. The Kier molecular flexibility index (Phi) is 5.28. The van der Waals surface area contributed by atoms with Crippen molar-refractivity contribution in [3.8, 4) is 5.75 Å². The normalized spacial score (nSPS) is 11.1. The largest absolute Gasteiger partial charge is 0.497 e. The molecule has 0 aliphatic rings. The highest BCUT2D eigenvalue weighted by Crippen LogP contribution is 2.16. The highest BCUT2D eigenvalue weighted by Gasteiger charge is 2.11. The summed E-state index contributed by atoms with van der Waals surface area (Å²) in [7, 11) is 1.65. The zero-order chi connectivity index (χ0) is 16.8. The van der Waals surface area contributed by atoms with Gasteiger partial charge >= 0.3 is 0 Å². The molecule has 0 saturated carbocycles. The van der Waals surface area contributed by atoms with Crippen molar-refractivity contribution in [1.82, 2.24) is 14.9 Å². The van der Waals surface area contributed by atoms with Gasteiger partial charge < -0.3 is 4.74 Å². The highest BCUT2D eigenvalue weighted by atomic mass is 32.2. The molecule has 5 nitrogen and oxygen atoms in total. The maximum Gasteiger partial charge on any atom is 0.211 e. The van der Waals surface area contributed by atoms with Crippen molar-refractivity contribution in [3.63, 3.8) is 0 Å². The summed E-state index contributed by atoms with van der Waals surface area (Å²) in [5.74, 6) is 1.64. The molecule has 0 atom stereocenters. The SMILES string of the molecule is COc1ccc(/C=N\n2c(Cc3ccccc3)nnc2SC)cc1. The molecule has 1 aromatic heterocycles. The number of benzene rings is 2. The van der Waals surface area contributed by atoms with E-state index in [1.807, 2.05) is 48.7 Å². The lowest BCUT2D eigenvalue weighted by Gasteiger charge is -2.04. The molecule has 0 saturated heterocycles. The van der Waals surface area contributed by atoms with Crippen molar-refractivity contribution in [3.05, 3.63) is 71.5 Å². The van der Waals surface area contributed by atoms with E-state index in [9.17, 15) is 0 Å². The Morgan fingerprint density at radius 2 is 1.83 bits per heavy atom. The highest BCUT2D eigenvalue weighted by molar-refractivity contribution is 7.98. The number of nitrogens with zero attached hydrogens (tertiary/aromatic N) is 4. The van der Waals surface area contributed by atoms with Crippen LogP contribution < -0.4 is 4.74 Å². The maximum atomic E-state index is 5.17. The summed E-state index contributed by atoms with van der Waals surface area (Å²) in [6, 6.07) is 17.9. The van der Waals surface area contributed by atoms with Gasteiger partial charge in [0.1, 0.15) is 5.75 Å². The van der Waals surface area contributed by atoms with Crippen molar-refractivity contribution in [2.75, 3.05) is 13.4 Å². The summed E-state index contributed by atoms with van der Waals surface area (Å²) < 4.78 is 6.96. The van der Waals surface area contributed by atoms with E-state index in [2.05, 4.69) is 27.4 Å². The minimum atomic E-state index is 0.689. The van der Waals surface area contributed by atoms with Crippen LogP contribution in [0.1, 0.15) is 17.0 Å². The molecule has 0 radical (unpaired) electrons. The molecule has 24 heavy (non-hydrogen) atoms. The minimum Gasteiger partial charge on any atom is -0.497 e. The standard InChI is InChI=1S/C18H18N4OS/c1-23-16-10-8-15(9-11-16)13-19-22-17(20-21-18(22)24-2)12-14-6-4-3-5-7-14/h3-11,13H,12H2,1-2H3/b19-13-. The molecular weight excluding hydrogens is 320 g/mol. The second-order valence-corrected chi connectivity index (χ2v) is 5.87. The fraction of sp³-hybridized carbons (Fsp3) is 0.167. The molecule has 0 amide bonds. The van der Waals surface area contributed by atoms with E-state index in [1.165, 1.54) is 17.3 Å². The molecule has 122 valence electrons. The van der Waals surface area contributed by atoms with Gasteiger partial charge in [0.25, 0.3) is 0 Å². The van der Waals surface area contributed by atoms with Crippen molar-refractivity contribution in [1.29, 1.82) is 0 Å². The second kappa shape index (κ2) is 7.79. The quantitative estimate of drug-likeness (QED) is 0.510. The summed E-state index contributed by atoms with van der Waals surface area (Å²) in [5.41, 5.74) is 2.17. The third kappa shape index (κ3) is 3.83. The molecule has 3 rings (SSSR count). The number of aromatic nitrogens is 3. The van der Waals surface area contributed by atoms with Gasteiger partial charge in [0.05, 0.1) is 13.3 Å². The lowest BCUT2D eigenvalue weighted by atomic mass is 10.1. The van der Waals surface area contributed by atoms with Crippen LogP contribution in [0.5, 0.6) is 5.75 Å². The smallest absolute Gasteiger partial charge is 0.211 e. The number of hydrogen-bond donors (Lipinski definition) is 0. The summed E-state index contributed by atoms with van der Waals surface area (Å²) in [6.07, 6.45) is 4.46. The van der Waals surface area contributed by atoms with E-state index in [-0.39, 0.29) is 0 Å². The Hall–Kier alpha value is -2.60. The summed E-state index contributed by atoms with van der Waals surface area (Å²) >= 11 is 1.52. The number of thioether (sulfide) groups is 1. The molecule has 0 fully saturated rings. The molecule has 2 aromatic carbocycles. The van der Waals surface area contributed by atoms with Crippen LogP contribution in [0.25, 0.3) is 0 Å². The van der Waals surface area contributed by atoms with Gasteiger partial charge in [-0.25, -0.2) is 0 Å². The van der Waals surface area contributed by atoms with Crippen LogP contribution >= 0.6 is 11.8 Å². The van der Waals surface area contributed by atoms with Gasteiger partial charge in [0, 0.05) is 6.42 Å². The van der Waals surface area contributed by atoms with Gasteiger partial charge in [-0.1, -0.05) is 42.1 Å². The number of methoxy groups -OCH3 is 1. The fourth-order valence-corrected chi connectivity index (χ4v) is 2.69. The van der Waals surface area contributed by atoms with E-state index < -0.39 is 0 Å². The van der Waals surface area contributed by atoms with E-state index in [0.717, 1.165) is 22.3 Å². The first-order valence-corrected chi connectivity index (χ1v) is 8.73. The Labute approximate surface area is 145 Å². The van der Waals surface area contributed by atoms with E-state index in [1.54, 1.807) is 18.0 Å². The Bertz CT molecular complexity index is 813. The molecule has 0 N–H and O–H groups in total. The summed E-state index contributed by atoms with van der Waals surface area (Å²) in [5, 5.41) is 13.8. The van der Waals surface area contributed by atoms with E-state index >= 15 is 0 Å². The number of hydrogen-bond acceptors (Lipinski definition) is 5. The zero-order valence-electron chi connectivity index (χ0n) is 13.6. The molecule has 3 aromatic rings. The molecule has 0 spiro atoms. The lowest BCUT2D eigenvalue weighted by Crippen LogP contribution is -2.01. The van der Waals surface area contributed by atoms with E-state index in [4.69, 9.17) is 4.74 Å². The predicted molar refractivity (Wildman–Crippen MR) is 97.0 cm³/mol. The Morgan fingerprint density at radius 1 is 1.08 bits per heavy atom. The van der Waals surface area contributed by atoms with Gasteiger partial charge in [-0.3, -0.25) is 0 Å². The zero-order valence-corrected chi connectivity index (χ0v) is 14.4. The molecule has 0 aliphatic carbocycles. The van der Waals surface area contributed by atoms with Gasteiger partial charge in [-0.15, -0.1) is 10.2 Å².